The number of aryl methyl sites for hydroxylation is 1. The van der Waals surface area contributed by atoms with Crippen molar-refractivity contribution >= 4 is 5.65 Å². The Morgan fingerprint density at radius 2 is 2.04 bits per heavy atom. The molecular weight excluding hydrogens is 314 g/mol. The fourth-order valence-electron chi connectivity index (χ4n) is 3.57. The number of nitrogens with zero attached hydrogens (tertiary/aromatic N) is 5. The molecule has 3 aromatic rings. The summed E-state index contributed by atoms with van der Waals surface area (Å²) >= 11 is 0. The molecule has 6 nitrogen and oxygen atoms in total. The van der Waals surface area contributed by atoms with Crippen LogP contribution in [0, 0.1) is 6.92 Å². The minimum Gasteiger partial charge on any atom is -0.380 e. The molecule has 0 amide bonds. The molecule has 1 aliphatic rings. The Kier molecular flexibility index (Phi) is 4.46. The summed E-state index contributed by atoms with van der Waals surface area (Å²) in [4.78, 5) is 6.59. The number of methoxy groups -OCH3 is 1. The number of aromatic nitrogens is 4. The second-order valence-electron chi connectivity index (χ2n) is 6.70. The maximum absolute atomic E-state index is 5.64. The zero-order valence-corrected chi connectivity index (χ0v) is 14.7. The first kappa shape index (κ1) is 16.2. The predicted octanol–water partition coefficient (Wildman–Crippen LogP) is 2.44. The molecule has 0 radical (unpaired) electrons. The molecule has 2 atom stereocenters. The summed E-state index contributed by atoms with van der Waals surface area (Å²) in [7, 11) is 1.79. The van der Waals surface area contributed by atoms with Gasteiger partial charge in [0, 0.05) is 32.6 Å². The monoisotopic (exact) mass is 337 g/mol. The van der Waals surface area contributed by atoms with E-state index in [2.05, 4.69) is 51.3 Å². The van der Waals surface area contributed by atoms with Gasteiger partial charge in [-0.15, -0.1) is 10.2 Å². The maximum Gasteiger partial charge on any atom is 0.179 e. The minimum absolute atomic E-state index is 0.216. The van der Waals surface area contributed by atoms with Crippen LogP contribution in [0.3, 0.4) is 0 Å². The van der Waals surface area contributed by atoms with E-state index in [9.17, 15) is 0 Å². The highest BCUT2D eigenvalue weighted by atomic mass is 16.5. The predicted molar refractivity (Wildman–Crippen MR) is 95.4 cm³/mol. The van der Waals surface area contributed by atoms with Crippen molar-refractivity contribution in [1.29, 1.82) is 0 Å². The van der Waals surface area contributed by atoms with Gasteiger partial charge in [0.15, 0.2) is 11.5 Å². The zero-order chi connectivity index (χ0) is 17.2. The normalized spacial score (nSPS) is 21.2. The van der Waals surface area contributed by atoms with Crippen LogP contribution in [0.1, 0.15) is 29.4 Å². The first-order valence-electron chi connectivity index (χ1n) is 8.71. The smallest absolute Gasteiger partial charge is 0.179 e. The molecule has 0 saturated carbocycles. The van der Waals surface area contributed by atoms with Crippen LogP contribution in [0.25, 0.3) is 5.65 Å². The van der Waals surface area contributed by atoms with Gasteiger partial charge in [-0.25, -0.2) is 0 Å². The minimum atomic E-state index is 0.216. The van der Waals surface area contributed by atoms with Crippen molar-refractivity contribution in [3.8, 4) is 0 Å². The highest BCUT2D eigenvalue weighted by Crippen LogP contribution is 2.32. The van der Waals surface area contributed by atoms with Gasteiger partial charge in [0.25, 0.3) is 0 Å². The molecule has 130 valence electrons. The SMILES string of the molecule is CO[C@@H]1C[C@@H](c2nnc3cnccn23)N(CCc2ccc(C)cc2)C1. The van der Waals surface area contributed by atoms with E-state index in [-0.39, 0.29) is 12.1 Å². The number of hydrogen-bond donors (Lipinski definition) is 0. The molecule has 25 heavy (non-hydrogen) atoms. The Bertz CT molecular complexity index is 844. The lowest BCUT2D eigenvalue weighted by Gasteiger charge is -2.22. The van der Waals surface area contributed by atoms with Gasteiger partial charge in [-0.3, -0.25) is 14.3 Å². The Morgan fingerprint density at radius 1 is 1.20 bits per heavy atom. The van der Waals surface area contributed by atoms with E-state index in [1.807, 2.05) is 10.6 Å². The van der Waals surface area contributed by atoms with Gasteiger partial charge in [0.1, 0.15) is 0 Å². The van der Waals surface area contributed by atoms with Gasteiger partial charge in [0.05, 0.1) is 18.3 Å². The molecule has 0 N–H and O–H groups in total. The Morgan fingerprint density at radius 3 is 2.84 bits per heavy atom. The zero-order valence-electron chi connectivity index (χ0n) is 14.7. The first-order chi connectivity index (χ1) is 12.2. The van der Waals surface area contributed by atoms with E-state index in [1.54, 1.807) is 19.5 Å². The lowest BCUT2D eigenvalue weighted by molar-refractivity contribution is 0.108. The van der Waals surface area contributed by atoms with Gasteiger partial charge >= 0.3 is 0 Å². The van der Waals surface area contributed by atoms with Crippen molar-refractivity contribution in [3.63, 3.8) is 0 Å². The van der Waals surface area contributed by atoms with Crippen molar-refractivity contribution in [3.05, 3.63) is 59.8 Å². The molecule has 1 fully saturated rings. The third-order valence-corrected chi connectivity index (χ3v) is 5.05. The molecule has 1 aliphatic heterocycles. The van der Waals surface area contributed by atoms with Crippen LogP contribution in [-0.2, 0) is 11.2 Å². The summed E-state index contributed by atoms with van der Waals surface area (Å²) < 4.78 is 7.67. The van der Waals surface area contributed by atoms with Crippen molar-refractivity contribution in [2.45, 2.75) is 31.9 Å². The average Bonchev–Trinajstić information content (AvgIpc) is 3.24. The van der Waals surface area contributed by atoms with E-state index < -0.39 is 0 Å². The molecule has 0 bridgehead atoms. The van der Waals surface area contributed by atoms with E-state index in [0.29, 0.717) is 0 Å². The van der Waals surface area contributed by atoms with Gasteiger partial charge in [-0.1, -0.05) is 29.8 Å². The molecule has 0 unspecified atom stereocenters. The number of benzene rings is 1. The van der Waals surface area contributed by atoms with Crippen molar-refractivity contribution < 1.29 is 4.74 Å². The quantitative estimate of drug-likeness (QED) is 0.716. The Labute approximate surface area is 147 Å². The number of rotatable bonds is 5. The number of hydrogen-bond acceptors (Lipinski definition) is 5. The molecule has 2 aromatic heterocycles. The summed E-state index contributed by atoms with van der Waals surface area (Å²) in [6.07, 6.45) is 7.65. The molecule has 1 aromatic carbocycles. The summed E-state index contributed by atoms with van der Waals surface area (Å²) in [5, 5.41) is 8.70. The Hall–Kier alpha value is -2.31. The summed E-state index contributed by atoms with van der Waals surface area (Å²) in [5.41, 5.74) is 3.45. The summed E-state index contributed by atoms with van der Waals surface area (Å²) in [6.45, 7) is 4.02. The number of fused-ring (bicyclic) bond motifs is 1. The van der Waals surface area contributed by atoms with Crippen molar-refractivity contribution in [2.75, 3.05) is 20.2 Å². The van der Waals surface area contributed by atoms with Gasteiger partial charge in [-0.05, 0) is 25.3 Å². The van der Waals surface area contributed by atoms with E-state index >= 15 is 0 Å². The topological polar surface area (TPSA) is 55.6 Å². The van der Waals surface area contributed by atoms with E-state index in [1.165, 1.54) is 11.1 Å². The summed E-state index contributed by atoms with van der Waals surface area (Å²) in [5.74, 6) is 0.973. The van der Waals surface area contributed by atoms with Crippen molar-refractivity contribution in [2.24, 2.45) is 0 Å². The number of likely N-dealkylation sites (tertiary alicyclic amines) is 1. The highest BCUT2D eigenvalue weighted by molar-refractivity contribution is 5.34. The largest absolute Gasteiger partial charge is 0.380 e. The fraction of sp³-hybridized carbons (Fsp3) is 0.421. The Balaban J connectivity index is 1.55. The lowest BCUT2D eigenvalue weighted by Crippen LogP contribution is -2.28. The standard InChI is InChI=1S/C19H23N5O/c1-14-3-5-15(6-4-14)7-9-23-13-16(25-2)11-17(23)19-22-21-18-12-20-8-10-24(18)19/h3-6,8,10,12,16-17H,7,9,11,13H2,1-2H3/t16-,17+/m1/s1. The van der Waals surface area contributed by atoms with E-state index in [0.717, 1.165) is 37.4 Å². The molecule has 3 heterocycles. The average molecular weight is 337 g/mol. The fourth-order valence-corrected chi connectivity index (χ4v) is 3.57. The second-order valence-corrected chi connectivity index (χ2v) is 6.70. The molecule has 4 rings (SSSR count). The van der Waals surface area contributed by atoms with Gasteiger partial charge in [0.2, 0.25) is 0 Å². The molecule has 0 aliphatic carbocycles. The van der Waals surface area contributed by atoms with Crippen LogP contribution < -0.4 is 0 Å². The van der Waals surface area contributed by atoms with Crippen LogP contribution >= 0.6 is 0 Å². The molecular formula is C19H23N5O. The molecule has 6 heteroatoms. The van der Waals surface area contributed by atoms with Crippen molar-refractivity contribution in [1.82, 2.24) is 24.5 Å². The van der Waals surface area contributed by atoms with Crippen LogP contribution in [0.15, 0.2) is 42.9 Å². The van der Waals surface area contributed by atoms with Crippen LogP contribution in [-0.4, -0.2) is 50.8 Å². The lowest BCUT2D eigenvalue weighted by atomic mass is 10.1. The maximum atomic E-state index is 5.64. The number of ether oxygens (including phenoxy) is 1. The third kappa shape index (κ3) is 3.27. The van der Waals surface area contributed by atoms with E-state index in [4.69, 9.17) is 4.74 Å². The van der Waals surface area contributed by atoms with Gasteiger partial charge in [-0.2, -0.15) is 0 Å². The molecule has 0 spiro atoms. The van der Waals surface area contributed by atoms with Crippen LogP contribution in [0.2, 0.25) is 0 Å². The summed E-state index contributed by atoms with van der Waals surface area (Å²) in [6, 6.07) is 8.99. The van der Waals surface area contributed by atoms with Gasteiger partial charge < -0.3 is 4.74 Å². The second kappa shape index (κ2) is 6.90. The van der Waals surface area contributed by atoms with Crippen LogP contribution in [0.5, 0.6) is 0 Å². The first-order valence-corrected chi connectivity index (χ1v) is 8.71. The third-order valence-electron chi connectivity index (χ3n) is 5.05. The highest BCUT2D eigenvalue weighted by Gasteiger charge is 2.35. The molecule has 1 saturated heterocycles. The van der Waals surface area contributed by atoms with Crippen LogP contribution in [0.4, 0.5) is 0 Å².